The van der Waals surface area contributed by atoms with E-state index >= 15 is 0 Å². The van der Waals surface area contributed by atoms with Crippen molar-refractivity contribution in [3.05, 3.63) is 52.7 Å². The average molecular weight is 426 g/mol. The lowest BCUT2D eigenvalue weighted by Gasteiger charge is -2.37. The Labute approximate surface area is 179 Å². The molecular formula is C22H23N3O4S. The fraction of sp³-hybridized carbons (Fsp3) is 0.318. The smallest absolute Gasteiger partial charge is 0.273 e. The number of nitrogens with one attached hydrogen (secondary N) is 1. The number of hydrogen-bond acceptors (Lipinski definition) is 6. The zero-order valence-corrected chi connectivity index (χ0v) is 17.5. The number of ether oxygens (including phenoxy) is 1. The number of piperidine rings is 1. The molecule has 8 heteroatoms. The molecule has 0 bridgehead atoms. The first kappa shape index (κ1) is 20.2. The molecule has 1 atom stereocenters. The number of anilines is 1. The standard InChI is InChI=1S/C22H23N3O4S/c1-28-17-7-5-16(6-8-17)23-21(27)19-14-22(29-24-19)11-3-12-25(15-22)20(26)10-9-18-4-2-13-30-18/h2,4-10,13H,3,11-12,14-15H2,1H3,(H,23,27)/b10-9+. The number of amides is 2. The first-order chi connectivity index (χ1) is 14.6. The molecule has 1 aromatic carbocycles. The maximum atomic E-state index is 12.6. The lowest BCUT2D eigenvalue weighted by molar-refractivity contribution is -0.135. The number of oxime groups is 1. The Balaban J connectivity index is 1.35. The molecule has 156 valence electrons. The number of carbonyl (C=O) groups is 2. The van der Waals surface area contributed by atoms with Crippen LogP contribution in [-0.4, -0.2) is 48.2 Å². The number of carbonyl (C=O) groups excluding carboxylic acids is 2. The van der Waals surface area contributed by atoms with Crippen LogP contribution in [0.5, 0.6) is 5.75 Å². The Morgan fingerprint density at radius 2 is 2.13 bits per heavy atom. The molecule has 2 aliphatic heterocycles. The summed E-state index contributed by atoms with van der Waals surface area (Å²) in [5.41, 5.74) is 0.370. The molecule has 0 saturated carbocycles. The van der Waals surface area contributed by atoms with E-state index in [0.717, 1.165) is 17.7 Å². The third-order valence-electron chi connectivity index (χ3n) is 5.23. The van der Waals surface area contributed by atoms with Crippen molar-refractivity contribution < 1.29 is 19.2 Å². The molecule has 3 heterocycles. The molecule has 2 aromatic rings. The third-order valence-corrected chi connectivity index (χ3v) is 6.07. The van der Waals surface area contributed by atoms with Crippen LogP contribution in [0.1, 0.15) is 24.1 Å². The lowest BCUT2D eigenvalue weighted by atomic mass is 9.88. The molecule has 1 unspecified atom stereocenters. The van der Waals surface area contributed by atoms with Crippen molar-refractivity contribution in [1.82, 2.24) is 4.90 Å². The zero-order chi connectivity index (χ0) is 21.0. The predicted molar refractivity (Wildman–Crippen MR) is 117 cm³/mol. The summed E-state index contributed by atoms with van der Waals surface area (Å²) in [6.45, 7) is 1.09. The van der Waals surface area contributed by atoms with Gasteiger partial charge in [0.15, 0.2) is 5.60 Å². The molecule has 30 heavy (non-hydrogen) atoms. The van der Waals surface area contributed by atoms with E-state index in [0.29, 0.717) is 36.7 Å². The van der Waals surface area contributed by atoms with Gasteiger partial charge in [-0.05, 0) is 54.6 Å². The minimum absolute atomic E-state index is 0.0535. The second kappa shape index (κ2) is 8.71. The topological polar surface area (TPSA) is 80.2 Å². The molecule has 7 nitrogen and oxygen atoms in total. The maximum Gasteiger partial charge on any atom is 0.273 e. The summed E-state index contributed by atoms with van der Waals surface area (Å²) >= 11 is 1.58. The summed E-state index contributed by atoms with van der Waals surface area (Å²) in [5.74, 6) is 0.369. The van der Waals surface area contributed by atoms with Crippen LogP contribution in [0.4, 0.5) is 5.69 Å². The molecule has 1 spiro atoms. The quantitative estimate of drug-likeness (QED) is 0.743. The third kappa shape index (κ3) is 4.54. The summed E-state index contributed by atoms with van der Waals surface area (Å²) < 4.78 is 5.12. The molecule has 1 saturated heterocycles. The number of rotatable bonds is 5. The summed E-state index contributed by atoms with van der Waals surface area (Å²) in [4.78, 5) is 33.7. The fourth-order valence-corrected chi connectivity index (χ4v) is 4.29. The van der Waals surface area contributed by atoms with Crippen molar-refractivity contribution in [2.75, 3.05) is 25.5 Å². The van der Waals surface area contributed by atoms with Crippen molar-refractivity contribution in [2.24, 2.45) is 5.16 Å². The van der Waals surface area contributed by atoms with Gasteiger partial charge in [0, 0.05) is 29.6 Å². The van der Waals surface area contributed by atoms with Crippen LogP contribution in [0.25, 0.3) is 6.08 Å². The number of hydrogen-bond donors (Lipinski definition) is 1. The van der Waals surface area contributed by atoms with Gasteiger partial charge in [0.25, 0.3) is 5.91 Å². The van der Waals surface area contributed by atoms with Gasteiger partial charge in [0.1, 0.15) is 11.5 Å². The van der Waals surface area contributed by atoms with Crippen LogP contribution in [0.2, 0.25) is 0 Å². The monoisotopic (exact) mass is 425 g/mol. The van der Waals surface area contributed by atoms with E-state index in [1.54, 1.807) is 53.7 Å². The van der Waals surface area contributed by atoms with Gasteiger partial charge in [0.05, 0.1) is 13.7 Å². The van der Waals surface area contributed by atoms with Crippen LogP contribution in [0, 0.1) is 0 Å². The van der Waals surface area contributed by atoms with Crippen molar-refractivity contribution >= 4 is 40.6 Å². The van der Waals surface area contributed by atoms with Crippen LogP contribution in [-0.2, 0) is 14.4 Å². The summed E-state index contributed by atoms with van der Waals surface area (Å²) in [7, 11) is 1.59. The highest BCUT2D eigenvalue weighted by Crippen LogP contribution is 2.34. The molecule has 1 N–H and O–H groups in total. The van der Waals surface area contributed by atoms with Crippen LogP contribution in [0.3, 0.4) is 0 Å². The largest absolute Gasteiger partial charge is 0.497 e. The van der Waals surface area contributed by atoms with E-state index in [9.17, 15) is 9.59 Å². The number of likely N-dealkylation sites (tertiary alicyclic amines) is 1. The zero-order valence-electron chi connectivity index (χ0n) is 16.7. The highest BCUT2D eigenvalue weighted by molar-refractivity contribution is 7.10. The molecule has 2 aliphatic rings. The highest BCUT2D eigenvalue weighted by Gasteiger charge is 2.45. The normalized spacial score (nSPS) is 20.8. The number of benzene rings is 1. The number of methoxy groups -OCH3 is 1. The Bertz CT molecular complexity index is 969. The van der Waals surface area contributed by atoms with Crippen molar-refractivity contribution in [3.8, 4) is 5.75 Å². The minimum Gasteiger partial charge on any atom is -0.497 e. The van der Waals surface area contributed by atoms with Gasteiger partial charge in [-0.15, -0.1) is 11.3 Å². The Morgan fingerprint density at radius 3 is 2.87 bits per heavy atom. The van der Waals surface area contributed by atoms with E-state index in [1.165, 1.54) is 0 Å². The Kier molecular flexibility index (Phi) is 5.85. The summed E-state index contributed by atoms with van der Waals surface area (Å²) in [5, 5.41) is 8.85. The highest BCUT2D eigenvalue weighted by atomic mass is 32.1. The predicted octanol–water partition coefficient (Wildman–Crippen LogP) is 3.55. The first-order valence-corrected chi connectivity index (χ1v) is 10.7. The molecular weight excluding hydrogens is 402 g/mol. The lowest BCUT2D eigenvalue weighted by Crippen LogP contribution is -2.50. The van der Waals surface area contributed by atoms with Crippen LogP contribution in [0.15, 0.2) is 53.0 Å². The van der Waals surface area contributed by atoms with Gasteiger partial charge in [-0.2, -0.15) is 0 Å². The van der Waals surface area contributed by atoms with Crippen LogP contribution >= 0.6 is 11.3 Å². The van der Waals surface area contributed by atoms with Gasteiger partial charge in [-0.25, -0.2) is 0 Å². The van der Waals surface area contributed by atoms with Crippen LogP contribution < -0.4 is 10.1 Å². The van der Waals surface area contributed by atoms with E-state index in [2.05, 4.69) is 10.5 Å². The summed E-state index contributed by atoms with van der Waals surface area (Å²) in [6.07, 6.45) is 5.37. The fourth-order valence-electron chi connectivity index (χ4n) is 3.67. The first-order valence-electron chi connectivity index (χ1n) is 9.78. The number of thiophene rings is 1. The maximum absolute atomic E-state index is 12.6. The molecule has 1 fully saturated rings. The van der Waals surface area contributed by atoms with Gasteiger partial charge >= 0.3 is 0 Å². The molecule has 1 aromatic heterocycles. The second-order valence-electron chi connectivity index (χ2n) is 7.38. The van der Waals surface area contributed by atoms with E-state index in [4.69, 9.17) is 9.57 Å². The molecule has 0 aliphatic carbocycles. The van der Waals surface area contributed by atoms with Crippen molar-refractivity contribution in [1.29, 1.82) is 0 Å². The van der Waals surface area contributed by atoms with E-state index < -0.39 is 5.60 Å². The molecule has 2 amide bonds. The Morgan fingerprint density at radius 1 is 1.30 bits per heavy atom. The van der Waals surface area contributed by atoms with Gasteiger partial charge in [0.2, 0.25) is 5.91 Å². The second-order valence-corrected chi connectivity index (χ2v) is 8.36. The molecule has 4 rings (SSSR count). The minimum atomic E-state index is -0.628. The van der Waals surface area contributed by atoms with E-state index in [-0.39, 0.29) is 11.8 Å². The molecule has 0 radical (unpaired) electrons. The number of nitrogens with zero attached hydrogens (tertiary/aromatic N) is 2. The SMILES string of the molecule is COc1ccc(NC(=O)C2=NOC3(CCCN(C(=O)/C=C/c4cccs4)C3)C2)cc1. The Hall–Kier alpha value is -3.13. The van der Waals surface area contributed by atoms with Gasteiger partial charge in [-0.1, -0.05) is 11.2 Å². The van der Waals surface area contributed by atoms with Crippen molar-refractivity contribution in [3.63, 3.8) is 0 Å². The van der Waals surface area contributed by atoms with Gasteiger partial charge < -0.3 is 19.8 Å². The summed E-state index contributed by atoms with van der Waals surface area (Å²) in [6, 6.07) is 11.0. The van der Waals surface area contributed by atoms with Gasteiger partial charge in [-0.3, -0.25) is 9.59 Å². The van der Waals surface area contributed by atoms with Crippen molar-refractivity contribution in [2.45, 2.75) is 24.9 Å². The van der Waals surface area contributed by atoms with E-state index in [1.807, 2.05) is 23.6 Å². The average Bonchev–Trinajstić information content (AvgIpc) is 3.43.